The standard InChI is InChI=1S/C14H13N3O2/c1-19-11-3-4-12-10(9-11)5-8-17(13(12)18)14-15-6-2-7-16-14/h2-4,6-7,9H,5,8H2,1H3. The van der Waals surface area contributed by atoms with Gasteiger partial charge in [0.1, 0.15) is 5.75 Å². The maximum atomic E-state index is 12.4. The van der Waals surface area contributed by atoms with Gasteiger partial charge < -0.3 is 4.74 Å². The van der Waals surface area contributed by atoms with Crippen LogP contribution in [0.3, 0.4) is 0 Å². The van der Waals surface area contributed by atoms with Gasteiger partial charge in [-0.2, -0.15) is 0 Å². The van der Waals surface area contributed by atoms with Gasteiger partial charge >= 0.3 is 0 Å². The third kappa shape index (κ3) is 2.03. The van der Waals surface area contributed by atoms with Crippen LogP contribution in [0.1, 0.15) is 15.9 Å². The first-order valence-corrected chi connectivity index (χ1v) is 6.05. The molecular weight excluding hydrogens is 242 g/mol. The van der Waals surface area contributed by atoms with Crippen molar-refractivity contribution in [3.05, 3.63) is 47.8 Å². The predicted molar refractivity (Wildman–Crippen MR) is 70.4 cm³/mol. The number of aromatic nitrogens is 2. The number of anilines is 1. The topological polar surface area (TPSA) is 55.3 Å². The molecule has 0 unspecified atom stereocenters. The largest absolute Gasteiger partial charge is 0.497 e. The normalized spacial score (nSPS) is 14.2. The number of benzene rings is 1. The van der Waals surface area contributed by atoms with Gasteiger partial charge in [-0.3, -0.25) is 9.69 Å². The highest BCUT2D eigenvalue weighted by atomic mass is 16.5. The summed E-state index contributed by atoms with van der Waals surface area (Å²) in [7, 11) is 1.62. The van der Waals surface area contributed by atoms with E-state index in [0.29, 0.717) is 18.1 Å². The van der Waals surface area contributed by atoms with E-state index >= 15 is 0 Å². The van der Waals surface area contributed by atoms with E-state index in [9.17, 15) is 4.79 Å². The fraction of sp³-hybridized carbons (Fsp3) is 0.214. The molecule has 96 valence electrons. The van der Waals surface area contributed by atoms with Crippen molar-refractivity contribution in [3.8, 4) is 5.75 Å². The molecule has 0 atom stereocenters. The first kappa shape index (κ1) is 11.6. The molecule has 1 aliphatic rings. The average molecular weight is 255 g/mol. The van der Waals surface area contributed by atoms with E-state index in [4.69, 9.17) is 4.74 Å². The lowest BCUT2D eigenvalue weighted by Crippen LogP contribution is -2.38. The van der Waals surface area contributed by atoms with Gasteiger partial charge in [-0.15, -0.1) is 0 Å². The quantitative estimate of drug-likeness (QED) is 0.819. The second kappa shape index (κ2) is 4.68. The van der Waals surface area contributed by atoms with Crippen molar-refractivity contribution in [2.75, 3.05) is 18.6 Å². The third-order valence-corrected chi connectivity index (χ3v) is 3.19. The van der Waals surface area contributed by atoms with E-state index in [-0.39, 0.29) is 5.91 Å². The second-order valence-corrected chi connectivity index (χ2v) is 4.28. The van der Waals surface area contributed by atoms with Crippen LogP contribution >= 0.6 is 0 Å². The first-order valence-electron chi connectivity index (χ1n) is 6.05. The van der Waals surface area contributed by atoms with Crippen LogP contribution in [0.2, 0.25) is 0 Å². The Morgan fingerprint density at radius 1 is 1.26 bits per heavy atom. The lowest BCUT2D eigenvalue weighted by atomic mass is 9.99. The molecule has 0 radical (unpaired) electrons. The Hall–Kier alpha value is -2.43. The van der Waals surface area contributed by atoms with Crippen molar-refractivity contribution in [1.82, 2.24) is 9.97 Å². The van der Waals surface area contributed by atoms with Crippen LogP contribution in [0.25, 0.3) is 0 Å². The van der Waals surface area contributed by atoms with E-state index in [1.807, 2.05) is 6.07 Å². The van der Waals surface area contributed by atoms with Crippen LogP contribution in [0.5, 0.6) is 5.75 Å². The van der Waals surface area contributed by atoms with Gasteiger partial charge in [0.05, 0.1) is 7.11 Å². The highest BCUT2D eigenvalue weighted by molar-refractivity contribution is 6.07. The molecule has 0 spiro atoms. The van der Waals surface area contributed by atoms with Gasteiger partial charge in [-0.1, -0.05) is 0 Å². The van der Waals surface area contributed by atoms with E-state index in [0.717, 1.165) is 17.7 Å². The van der Waals surface area contributed by atoms with Crippen LogP contribution < -0.4 is 9.64 Å². The van der Waals surface area contributed by atoms with Gasteiger partial charge in [0.2, 0.25) is 5.95 Å². The van der Waals surface area contributed by atoms with Crippen molar-refractivity contribution in [2.45, 2.75) is 6.42 Å². The molecule has 1 aliphatic heterocycles. The molecule has 0 bridgehead atoms. The minimum absolute atomic E-state index is 0.0601. The molecule has 0 N–H and O–H groups in total. The molecule has 1 aromatic carbocycles. The minimum Gasteiger partial charge on any atom is -0.497 e. The zero-order valence-electron chi connectivity index (χ0n) is 10.5. The zero-order chi connectivity index (χ0) is 13.2. The molecule has 5 heteroatoms. The summed E-state index contributed by atoms with van der Waals surface area (Å²) in [5.74, 6) is 1.17. The van der Waals surface area contributed by atoms with Gasteiger partial charge in [-0.05, 0) is 36.2 Å². The Morgan fingerprint density at radius 2 is 2.05 bits per heavy atom. The Balaban J connectivity index is 1.97. The summed E-state index contributed by atoms with van der Waals surface area (Å²) in [6.45, 7) is 0.586. The molecule has 19 heavy (non-hydrogen) atoms. The molecule has 1 amide bonds. The number of rotatable bonds is 2. The number of carbonyl (C=O) groups excluding carboxylic acids is 1. The molecule has 0 saturated carbocycles. The fourth-order valence-electron chi connectivity index (χ4n) is 2.21. The maximum absolute atomic E-state index is 12.4. The van der Waals surface area contributed by atoms with Crippen LogP contribution in [0, 0.1) is 0 Å². The third-order valence-electron chi connectivity index (χ3n) is 3.19. The van der Waals surface area contributed by atoms with Crippen LogP contribution in [0.4, 0.5) is 5.95 Å². The van der Waals surface area contributed by atoms with Gasteiger partial charge in [0, 0.05) is 24.5 Å². The van der Waals surface area contributed by atoms with Crippen LogP contribution in [-0.2, 0) is 6.42 Å². The maximum Gasteiger partial charge on any atom is 0.260 e. The smallest absolute Gasteiger partial charge is 0.260 e. The number of fused-ring (bicyclic) bond motifs is 1. The Morgan fingerprint density at radius 3 is 2.79 bits per heavy atom. The summed E-state index contributed by atoms with van der Waals surface area (Å²) < 4.78 is 5.18. The van der Waals surface area contributed by atoms with Crippen molar-refractivity contribution in [2.24, 2.45) is 0 Å². The number of hydrogen-bond donors (Lipinski definition) is 0. The highest BCUT2D eigenvalue weighted by Gasteiger charge is 2.27. The number of methoxy groups -OCH3 is 1. The van der Waals surface area contributed by atoms with E-state index in [2.05, 4.69) is 9.97 Å². The predicted octanol–water partition coefficient (Wildman–Crippen LogP) is 1.69. The Labute approximate surface area is 110 Å². The number of ether oxygens (including phenoxy) is 1. The van der Waals surface area contributed by atoms with E-state index in [1.54, 1.807) is 42.6 Å². The van der Waals surface area contributed by atoms with Crippen LogP contribution in [-0.4, -0.2) is 29.5 Å². The summed E-state index contributed by atoms with van der Waals surface area (Å²) in [5.41, 5.74) is 1.70. The Kier molecular flexibility index (Phi) is 2.87. The lowest BCUT2D eigenvalue weighted by molar-refractivity contribution is 0.0979. The lowest BCUT2D eigenvalue weighted by Gasteiger charge is -2.26. The van der Waals surface area contributed by atoms with Crippen molar-refractivity contribution < 1.29 is 9.53 Å². The second-order valence-electron chi connectivity index (χ2n) is 4.28. The van der Waals surface area contributed by atoms with Crippen molar-refractivity contribution in [1.29, 1.82) is 0 Å². The monoisotopic (exact) mass is 255 g/mol. The van der Waals surface area contributed by atoms with E-state index in [1.165, 1.54) is 0 Å². The average Bonchev–Trinajstić information content (AvgIpc) is 2.48. The first-order chi connectivity index (χ1) is 9.29. The van der Waals surface area contributed by atoms with E-state index < -0.39 is 0 Å². The molecule has 3 rings (SSSR count). The minimum atomic E-state index is -0.0601. The summed E-state index contributed by atoms with van der Waals surface area (Å²) in [6, 6.07) is 7.24. The molecule has 0 aliphatic carbocycles. The molecule has 0 saturated heterocycles. The number of amides is 1. The number of carbonyl (C=O) groups is 1. The number of hydrogen-bond acceptors (Lipinski definition) is 4. The van der Waals surface area contributed by atoms with Gasteiger partial charge in [-0.25, -0.2) is 9.97 Å². The van der Waals surface area contributed by atoms with Gasteiger partial charge in [0.25, 0.3) is 5.91 Å². The summed E-state index contributed by atoms with van der Waals surface area (Å²) in [4.78, 5) is 22.3. The molecule has 0 fully saturated rings. The number of nitrogens with zero attached hydrogens (tertiary/aromatic N) is 3. The van der Waals surface area contributed by atoms with Crippen LogP contribution in [0.15, 0.2) is 36.7 Å². The summed E-state index contributed by atoms with van der Waals surface area (Å²) in [6.07, 6.45) is 4.05. The molecule has 2 heterocycles. The zero-order valence-corrected chi connectivity index (χ0v) is 10.5. The van der Waals surface area contributed by atoms with Crippen molar-refractivity contribution >= 4 is 11.9 Å². The summed E-state index contributed by atoms with van der Waals surface area (Å²) in [5, 5.41) is 0. The highest BCUT2D eigenvalue weighted by Crippen LogP contribution is 2.25. The SMILES string of the molecule is COc1ccc2c(c1)CCN(c1ncccn1)C2=O. The van der Waals surface area contributed by atoms with Gasteiger partial charge in [0.15, 0.2) is 0 Å². The van der Waals surface area contributed by atoms with Crippen molar-refractivity contribution in [3.63, 3.8) is 0 Å². The molecule has 2 aromatic rings. The fourth-order valence-corrected chi connectivity index (χ4v) is 2.21. The Bertz CT molecular complexity index is 613. The molecular formula is C14H13N3O2. The molecule has 1 aromatic heterocycles. The summed E-state index contributed by atoms with van der Waals surface area (Å²) >= 11 is 0. The molecule has 5 nitrogen and oxygen atoms in total.